The first-order valence-electron chi connectivity index (χ1n) is 6.33. The predicted octanol–water partition coefficient (Wildman–Crippen LogP) is 3.13. The van der Waals surface area contributed by atoms with Gasteiger partial charge in [-0.1, -0.05) is 29.8 Å². The zero-order chi connectivity index (χ0) is 14.4. The highest BCUT2D eigenvalue weighted by Gasteiger charge is 2.01. The molecular formula is C16H16N2O2. The molecule has 20 heavy (non-hydrogen) atoms. The van der Waals surface area contributed by atoms with E-state index in [2.05, 4.69) is 10.6 Å². The smallest absolute Gasteiger partial charge is 0.319 e. The number of carbonyl (C=O) groups is 2. The van der Waals surface area contributed by atoms with Gasteiger partial charge in [-0.15, -0.1) is 0 Å². The van der Waals surface area contributed by atoms with Gasteiger partial charge in [0.25, 0.3) is 0 Å². The maximum atomic E-state index is 11.7. The minimum Gasteiger partial charge on any atom is -0.334 e. The van der Waals surface area contributed by atoms with Crippen LogP contribution in [-0.2, 0) is 6.54 Å². The van der Waals surface area contributed by atoms with Crippen molar-refractivity contribution in [2.75, 3.05) is 5.32 Å². The number of aryl methyl sites for hydroxylation is 1. The van der Waals surface area contributed by atoms with Gasteiger partial charge < -0.3 is 10.6 Å². The maximum absolute atomic E-state index is 11.7. The summed E-state index contributed by atoms with van der Waals surface area (Å²) < 4.78 is 0. The summed E-state index contributed by atoms with van der Waals surface area (Å²) in [6.45, 7) is 2.49. The van der Waals surface area contributed by atoms with Crippen molar-refractivity contribution in [3.63, 3.8) is 0 Å². The summed E-state index contributed by atoms with van der Waals surface area (Å²) >= 11 is 0. The number of nitrogens with one attached hydrogen (secondary N) is 2. The molecule has 0 aliphatic rings. The van der Waals surface area contributed by atoms with Crippen LogP contribution in [0, 0.1) is 6.92 Å². The van der Waals surface area contributed by atoms with Crippen LogP contribution in [0.2, 0.25) is 0 Å². The van der Waals surface area contributed by atoms with Crippen molar-refractivity contribution in [1.82, 2.24) is 5.32 Å². The lowest BCUT2D eigenvalue weighted by Gasteiger charge is -2.08. The van der Waals surface area contributed by atoms with Gasteiger partial charge >= 0.3 is 6.03 Å². The fourth-order valence-corrected chi connectivity index (χ4v) is 1.71. The molecule has 0 bridgehead atoms. The quantitative estimate of drug-likeness (QED) is 0.837. The molecule has 0 saturated carbocycles. The Bertz CT molecular complexity index is 589. The normalized spacial score (nSPS) is 9.85. The number of amides is 2. The number of aldehydes is 1. The minimum absolute atomic E-state index is 0.274. The Labute approximate surface area is 117 Å². The van der Waals surface area contributed by atoms with Gasteiger partial charge in [0, 0.05) is 17.8 Å². The Balaban J connectivity index is 1.85. The van der Waals surface area contributed by atoms with Gasteiger partial charge in [-0.2, -0.15) is 0 Å². The summed E-state index contributed by atoms with van der Waals surface area (Å²) in [7, 11) is 0. The van der Waals surface area contributed by atoms with E-state index < -0.39 is 0 Å². The molecule has 0 heterocycles. The SMILES string of the molecule is Cc1ccc(CNC(=O)Nc2ccc(C=O)cc2)cc1. The molecular weight excluding hydrogens is 252 g/mol. The number of benzene rings is 2. The fourth-order valence-electron chi connectivity index (χ4n) is 1.71. The summed E-state index contributed by atoms with van der Waals surface area (Å²) in [4.78, 5) is 22.2. The topological polar surface area (TPSA) is 58.2 Å². The Hall–Kier alpha value is -2.62. The third-order valence-corrected chi connectivity index (χ3v) is 2.88. The molecule has 4 heteroatoms. The van der Waals surface area contributed by atoms with Crippen LogP contribution < -0.4 is 10.6 Å². The molecule has 2 amide bonds. The van der Waals surface area contributed by atoms with Gasteiger partial charge in [0.1, 0.15) is 6.29 Å². The fraction of sp³-hybridized carbons (Fsp3) is 0.125. The van der Waals surface area contributed by atoms with Gasteiger partial charge in [-0.3, -0.25) is 4.79 Å². The van der Waals surface area contributed by atoms with E-state index in [-0.39, 0.29) is 6.03 Å². The first-order chi connectivity index (χ1) is 9.67. The molecule has 2 N–H and O–H groups in total. The Morgan fingerprint density at radius 1 is 1.05 bits per heavy atom. The van der Waals surface area contributed by atoms with Crippen molar-refractivity contribution in [2.45, 2.75) is 13.5 Å². The molecule has 2 aromatic rings. The number of hydrogen-bond donors (Lipinski definition) is 2. The van der Waals surface area contributed by atoms with E-state index in [4.69, 9.17) is 0 Å². The molecule has 0 saturated heterocycles. The molecule has 0 fully saturated rings. The molecule has 2 aromatic carbocycles. The lowest BCUT2D eigenvalue weighted by Crippen LogP contribution is -2.28. The van der Waals surface area contributed by atoms with Crippen LogP contribution in [0.3, 0.4) is 0 Å². The van der Waals surface area contributed by atoms with Crippen LogP contribution in [-0.4, -0.2) is 12.3 Å². The molecule has 2 rings (SSSR count). The van der Waals surface area contributed by atoms with Gasteiger partial charge in [-0.25, -0.2) is 4.79 Å². The van der Waals surface area contributed by atoms with Crippen LogP contribution in [0.25, 0.3) is 0 Å². The highest BCUT2D eigenvalue weighted by Crippen LogP contribution is 2.08. The third-order valence-electron chi connectivity index (χ3n) is 2.88. The van der Waals surface area contributed by atoms with Crippen molar-refractivity contribution in [3.8, 4) is 0 Å². The number of hydrogen-bond acceptors (Lipinski definition) is 2. The second-order valence-corrected chi connectivity index (χ2v) is 4.53. The van der Waals surface area contributed by atoms with Crippen molar-refractivity contribution in [3.05, 3.63) is 65.2 Å². The van der Waals surface area contributed by atoms with E-state index in [9.17, 15) is 9.59 Å². The monoisotopic (exact) mass is 268 g/mol. The van der Waals surface area contributed by atoms with E-state index in [0.29, 0.717) is 17.8 Å². The third kappa shape index (κ3) is 3.95. The summed E-state index contributed by atoms with van der Waals surface area (Å²) in [5.74, 6) is 0. The van der Waals surface area contributed by atoms with Crippen molar-refractivity contribution < 1.29 is 9.59 Å². The van der Waals surface area contributed by atoms with Gasteiger partial charge in [0.05, 0.1) is 0 Å². The highest BCUT2D eigenvalue weighted by molar-refractivity contribution is 5.89. The zero-order valence-corrected chi connectivity index (χ0v) is 11.2. The summed E-state index contributed by atoms with van der Waals surface area (Å²) in [5.41, 5.74) is 3.46. The van der Waals surface area contributed by atoms with Crippen LogP contribution in [0.1, 0.15) is 21.5 Å². The lowest BCUT2D eigenvalue weighted by atomic mass is 10.1. The Morgan fingerprint density at radius 2 is 1.70 bits per heavy atom. The number of rotatable bonds is 4. The Kier molecular flexibility index (Phi) is 4.50. The predicted molar refractivity (Wildman–Crippen MR) is 78.9 cm³/mol. The second-order valence-electron chi connectivity index (χ2n) is 4.53. The Morgan fingerprint density at radius 3 is 2.30 bits per heavy atom. The lowest BCUT2D eigenvalue weighted by molar-refractivity contribution is 0.112. The molecule has 0 unspecified atom stereocenters. The van der Waals surface area contributed by atoms with Crippen molar-refractivity contribution in [2.24, 2.45) is 0 Å². The second kappa shape index (κ2) is 6.52. The van der Waals surface area contributed by atoms with Gasteiger partial charge in [0.2, 0.25) is 0 Å². The number of carbonyl (C=O) groups excluding carboxylic acids is 2. The van der Waals surface area contributed by atoms with Crippen LogP contribution in [0.15, 0.2) is 48.5 Å². The molecule has 0 atom stereocenters. The largest absolute Gasteiger partial charge is 0.334 e. The van der Waals surface area contributed by atoms with Crippen molar-refractivity contribution in [1.29, 1.82) is 0 Å². The number of urea groups is 1. The molecule has 0 radical (unpaired) electrons. The van der Waals surface area contributed by atoms with Crippen LogP contribution in [0.4, 0.5) is 10.5 Å². The van der Waals surface area contributed by atoms with Gasteiger partial charge in [-0.05, 0) is 36.8 Å². The zero-order valence-electron chi connectivity index (χ0n) is 11.2. The van der Waals surface area contributed by atoms with E-state index in [1.54, 1.807) is 24.3 Å². The van der Waals surface area contributed by atoms with E-state index in [1.807, 2.05) is 31.2 Å². The molecule has 0 aromatic heterocycles. The van der Waals surface area contributed by atoms with E-state index >= 15 is 0 Å². The van der Waals surface area contributed by atoms with E-state index in [1.165, 1.54) is 5.56 Å². The maximum Gasteiger partial charge on any atom is 0.319 e. The first kappa shape index (κ1) is 13.8. The summed E-state index contributed by atoms with van der Waals surface area (Å²) in [5, 5.41) is 5.48. The van der Waals surface area contributed by atoms with Crippen LogP contribution in [0.5, 0.6) is 0 Å². The standard InChI is InChI=1S/C16H16N2O2/c1-12-2-4-13(5-3-12)10-17-16(20)18-15-8-6-14(11-19)7-9-15/h2-9,11H,10H2,1H3,(H2,17,18,20). The van der Waals surface area contributed by atoms with Crippen LogP contribution >= 0.6 is 0 Å². The summed E-state index contributed by atoms with van der Waals surface area (Å²) in [6.07, 6.45) is 0.765. The van der Waals surface area contributed by atoms with E-state index in [0.717, 1.165) is 11.8 Å². The first-order valence-corrected chi connectivity index (χ1v) is 6.33. The summed E-state index contributed by atoms with van der Waals surface area (Å²) in [6, 6.07) is 14.4. The highest BCUT2D eigenvalue weighted by atomic mass is 16.2. The molecule has 102 valence electrons. The number of anilines is 1. The molecule has 4 nitrogen and oxygen atoms in total. The minimum atomic E-state index is -0.274. The average Bonchev–Trinajstić information content (AvgIpc) is 2.47. The molecule has 0 spiro atoms. The van der Waals surface area contributed by atoms with Gasteiger partial charge in [0.15, 0.2) is 0 Å². The average molecular weight is 268 g/mol. The molecule has 0 aliphatic carbocycles. The molecule has 0 aliphatic heterocycles. The van der Waals surface area contributed by atoms with Crippen molar-refractivity contribution >= 4 is 18.0 Å².